The lowest BCUT2D eigenvalue weighted by atomic mass is 10.0. The molecule has 1 amide bonds. The smallest absolute Gasteiger partial charge is 0.463 e. The van der Waals surface area contributed by atoms with Gasteiger partial charge in [-0.25, -0.2) is 4.57 Å². The largest absolute Gasteiger partial charge is 0.472 e. The van der Waals surface area contributed by atoms with Crippen LogP contribution in [0.2, 0.25) is 0 Å². The van der Waals surface area contributed by atoms with Gasteiger partial charge in [0.1, 0.15) is 12.7 Å². The second kappa shape index (κ2) is 32.0. The first kappa shape index (κ1) is 43.0. The van der Waals surface area contributed by atoms with Crippen LogP contribution in [0.25, 0.3) is 0 Å². The summed E-state index contributed by atoms with van der Waals surface area (Å²) in [7, 11) is -4.39. The third kappa shape index (κ3) is 32.4. The predicted octanol–water partition coefficient (Wildman–Crippen LogP) is 8.93. The van der Waals surface area contributed by atoms with Gasteiger partial charge in [0.05, 0.1) is 13.2 Å². The minimum absolute atomic E-state index is 0.0875. The minimum Gasteiger partial charge on any atom is -0.463 e. The second-order valence-corrected chi connectivity index (χ2v) is 13.7. The quantitative estimate of drug-likeness (QED) is 0.0358. The number of phosphoric acid groups is 1. The van der Waals surface area contributed by atoms with Gasteiger partial charge in [-0.05, 0) is 12.8 Å². The van der Waals surface area contributed by atoms with E-state index in [2.05, 4.69) is 19.2 Å². The second-order valence-electron chi connectivity index (χ2n) is 12.2. The Labute approximate surface area is 269 Å². The fraction of sp³-hybridized carbons (Fsp3) is 0.941. The van der Waals surface area contributed by atoms with E-state index in [1.807, 2.05) is 0 Å². The van der Waals surface area contributed by atoms with Crippen LogP contribution in [0.3, 0.4) is 0 Å². The number of unbranched alkanes of at least 4 members (excludes halogenated alkanes) is 21. The van der Waals surface area contributed by atoms with E-state index in [0.717, 1.165) is 51.4 Å². The first-order valence-corrected chi connectivity index (χ1v) is 19.5. The average Bonchev–Trinajstić information content (AvgIpc) is 3.00. The molecule has 0 saturated carbocycles. The van der Waals surface area contributed by atoms with E-state index < -0.39 is 26.5 Å². The van der Waals surface area contributed by atoms with E-state index in [1.54, 1.807) is 0 Å². The minimum atomic E-state index is -4.39. The topological polar surface area (TPSA) is 131 Å². The number of ether oxygens (including phenoxy) is 1. The standard InChI is InChI=1S/C34H68NO8P/c1-3-5-7-9-10-11-12-13-14-15-16-17-18-19-20-21-23-24-26-33(37)35-28-29-42-44(39,40)43-31-32(36)30-41-34(38)27-25-22-8-6-4-2/h32,36H,3-31H2,1-2H3,(H,35,37)(H,39,40). The number of hydrogen-bond donors (Lipinski definition) is 3. The number of carbonyl (C=O) groups excluding carboxylic acids is 2. The highest BCUT2D eigenvalue weighted by molar-refractivity contribution is 7.47. The molecule has 10 heteroatoms. The number of hydrogen-bond acceptors (Lipinski definition) is 7. The molecule has 262 valence electrons. The van der Waals surface area contributed by atoms with E-state index >= 15 is 0 Å². The molecule has 0 aliphatic heterocycles. The van der Waals surface area contributed by atoms with Crippen molar-refractivity contribution in [2.75, 3.05) is 26.4 Å². The van der Waals surface area contributed by atoms with Crippen LogP contribution in [0, 0.1) is 0 Å². The summed E-state index contributed by atoms with van der Waals surface area (Å²) in [5.41, 5.74) is 0. The molecule has 0 fully saturated rings. The zero-order valence-electron chi connectivity index (χ0n) is 28.4. The molecule has 0 bridgehead atoms. The molecule has 0 aromatic rings. The maximum absolute atomic E-state index is 12.0. The molecule has 9 nitrogen and oxygen atoms in total. The molecule has 0 aliphatic carbocycles. The summed E-state index contributed by atoms with van der Waals surface area (Å²) in [5, 5.41) is 12.5. The Morgan fingerprint density at radius 1 is 0.614 bits per heavy atom. The van der Waals surface area contributed by atoms with Crippen LogP contribution in [0.15, 0.2) is 0 Å². The van der Waals surface area contributed by atoms with Gasteiger partial charge in [-0.1, -0.05) is 149 Å². The van der Waals surface area contributed by atoms with Crippen LogP contribution in [0.1, 0.15) is 174 Å². The van der Waals surface area contributed by atoms with Crippen LogP contribution >= 0.6 is 7.82 Å². The van der Waals surface area contributed by atoms with Crippen molar-refractivity contribution in [1.29, 1.82) is 0 Å². The molecular formula is C34H68NO8P. The summed E-state index contributed by atoms with van der Waals surface area (Å²) in [5.74, 6) is -0.522. The summed E-state index contributed by atoms with van der Waals surface area (Å²) >= 11 is 0. The monoisotopic (exact) mass is 649 g/mol. The van der Waals surface area contributed by atoms with Gasteiger partial charge in [-0.3, -0.25) is 18.6 Å². The van der Waals surface area contributed by atoms with E-state index in [4.69, 9.17) is 13.8 Å². The zero-order chi connectivity index (χ0) is 32.6. The Morgan fingerprint density at radius 3 is 1.48 bits per heavy atom. The highest BCUT2D eigenvalue weighted by Gasteiger charge is 2.23. The van der Waals surface area contributed by atoms with Gasteiger partial charge < -0.3 is 20.1 Å². The van der Waals surface area contributed by atoms with Crippen LogP contribution in [0.4, 0.5) is 0 Å². The Balaban J connectivity index is 3.52. The summed E-state index contributed by atoms with van der Waals surface area (Å²) in [4.78, 5) is 33.4. The molecule has 0 radical (unpaired) electrons. The van der Waals surface area contributed by atoms with Gasteiger partial charge in [-0.15, -0.1) is 0 Å². The van der Waals surface area contributed by atoms with Gasteiger partial charge in [0.2, 0.25) is 5.91 Å². The highest BCUT2D eigenvalue weighted by atomic mass is 31.2. The molecule has 0 aromatic heterocycles. The summed E-state index contributed by atoms with van der Waals surface area (Å²) in [6, 6.07) is 0. The van der Waals surface area contributed by atoms with Crippen molar-refractivity contribution in [3.63, 3.8) is 0 Å². The lowest BCUT2D eigenvalue weighted by Crippen LogP contribution is -2.27. The van der Waals surface area contributed by atoms with Crippen molar-refractivity contribution in [3.8, 4) is 0 Å². The van der Waals surface area contributed by atoms with Gasteiger partial charge in [0.25, 0.3) is 0 Å². The number of phosphoric ester groups is 1. The third-order valence-electron chi connectivity index (χ3n) is 7.79. The van der Waals surface area contributed by atoms with E-state index in [0.29, 0.717) is 6.42 Å². The predicted molar refractivity (Wildman–Crippen MR) is 178 cm³/mol. The molecular weight excluding hydrogens is 581 g/mol. The summed E-state index contributed by atoms with van der Waals surface area (Å²) < 4.78 is 26.5. The Kier molecular flexibility index (Phi) is 31.3. The van der Waals surface area contributed by atoms with Crippen molar-refractivity contribution >= 4 is 19.7 Å². The Bertz CT molecular complexity index is 709. The molecule has 0 rings (SSSR count). The van der Waals surface area contributed by atoms with E-state index in [-0.39, 0.29) is 32.1 Å². The first-order chi connectivity index (χ1) is 21.3. The number of aliphatic hydroxyl groups excluding tert-OH is 1. The molecule has 2 unspecified atom stereocenters. The number of nitrogens with one attached hydrogen (secondary N) is 1. The van der Waals surface area contributed by atoms with Gasteiger partial charge in [-0.2, -0.15) is 0 Å². The number of aliphatic hydroxyl groups is 1. The van der Waals surface area contributed by atoms with Crippen LogP contribution in [-0.4, -0.2) is 54.3 Å². The first-order valence-electron chi connectivity index (χ1n) is 18.0. The highest BCUT2D eigenvalue weighted by Crippen LogP contribution is 2.42. The van der Waals surface area contributed by atoms with E-state index in [9.17, 15) is 24.2 Å². The molecule has 2 atom stereocenters. The van der Waals surface area contributed by atoms with Crippen molar-refractivity contribution in [3.05, 3.63) is 0 Å². The molecule has 0 aliphatic rings. The van der Waals surface area contributed by atoms with Gasteiger partial charge in [0, 0.05) is 19.4 Å². The fourth-order valence-corrected chi connectivity index (χ4v) is 5.78. The molecule has 0 spiro atoms. The summed E-state index contributed by atoms with van der Waals surface area (Å²) in [6.07, 6.45) is 27.9. The van der Waals surface area contributed by atoms with Crippen LogP contribution < -0.4 is 5.32 Å². The lowest BCUT2D eigenvalue weighted by molar-refractivity contribution is -0.147. The van der Waals surface area contributed by atoms with Crippen molar-refractivity contribution in [1.82, 2.24) is 5.32 Å². The maximum atomic E-state index is 12.0. The normalized spacial score (nSPS) is 13.5. The Hall–Kier alpha value is -0.990. The van der Waals surface area contributed by atoms with Crippen molar-refractivity contribution in [2.24, 2.45) is 0 Å². The van der Waals surface area contributed by atoms with Crippen molar-refractivity contribution < 1.29 is 37.9 Å². The van der Waals surface area contributed by atoms with E-state index in [1.165, 1.54) is 96.3 Å². The molecule has 3 N–H and O–H groups in total. The maximum Gasteiger partial charge on any atom is 0.472 e. The SMILES string of the molecule is CCCCCCCCCCCCCCCCCCCCC(=O)NCCOP(=O)(O)OCC(O)COC(=O)CCCCCCC. The zero-order valence-corrected chi connectivity index (χ0v) is 29.3. The van der Waals surface area contributed by atoms with Gasteiger partial charge >= 0.3 is 13.8 Å². The number of carbonyl (C=O) groups is 2. The van der Waals surface area contributed by atoms with Crippen LogP contribution in [0.5, 0.6) is 0 Å². The molecule has 0 heterocycles. The number of rotatable bonds is 34. The molecule has 0 saturated heterocycles. The number of amides is 1. The van der Waals surface area contributed by atoms with Gasteiger partial charge in [0.15, 0.2) is 0 Å². The van der Waals surface area contributed by atoms with Crippen LogP contribution in [-0.2, 0) is 27.9 Å². The number of esters is 1. The van der Waals surface area contributed by atoms with Crippen molar-refractivity contribution in [2.45, 2.75) is 180 Å². The third-order valence-corrected chi connectivity index (χ3v) is 8.77. The molecule has 0 aromatic carbocycles. The Morgan fingerprint density at radius 2 is 1.02 bits per heavy atom. The lowest BCUT2D eigenvalue weighted by Gasteiger charge is -2.15. The fourth-order valence-electron chi connectivity index (χ4n) is 5.03. The average molecular weight is 650 g/mol. The molecule has 44 heavy (non-hydrogen) atoms. The summed E-state index contributed by atoms with van der Waals surface area (Å²) in [6.45, 7) is 3.46.